The maximum atomic E-state index is 10.2. The van der Waals surface area contributed by atoms with Crippen LogP contribution < -0.4 is 10.6 Å². The summed E-state index contributed by atoms with van der Waals surface area (Å²) in [5.41, 5.74) is -0.328. The summed E-state index contributed by atoms with van der Waals surface area (Å²) >= 11 is 0. The monoisotopic (exact) mass is 384 g/mol. The van der Waals surface area contributed by atoms with E-state index in [9.17, 15) is 4.79 Å². The average Bonchev–Trinajstić information content (AvgIpc) is 3.17. The second-order valence-electron chi connectivity index (χ2n) is 8.91. The van der Waals surface area contributed by atoms with E-state index in [0.29, 0.717) is 0 Å². The zero-order valence-corrected chi connectivity index (χ0v) is 19.2. The molecule has 1 saturated heterocycles. The second kappa shape index (κ2) is 16.4. The summed E-state index contributed by atoms with van der Waals surface area (Å²) in [5, 5.41) is 6.95. The van der Waals surface area contributed by atoms with Crippen molar-refractivity contribution in [3.8, 4) is 0 Å². The van der Waals surface area contributed by atoms with Crippen LogP contribution in [0.5, 0.6) is 0 Å². The van der Waals surface area contributed by atoms with Crippen LogP contribution in [0.3, 0.4) is 0 Å². The van der Waals surface area contributed by atoms with Gasteiger partial charge < -0.3 is 15.4 Å². The Morgan fingerprint density at radius 3 is 2.07 bits per heavy atom. The van der Waals surface area contributed by atoms with Crippen molar-refractivity contribution in [2.24, 2.45) is 5.92 Å². The van der Waals surface area contributed by atoms with Gasteiger partial charge in [0.25, 0.3) is 0 Å². The lowest BCUT2D eigenvalue weighted by molar-refractivity contribution is -0.151. The fourth-order valence-electron chi connectivity index (χ4n) is 3.67. The zero-order valence-electron chi connectivity index (χ0n) is 19.2. The molecule has 0 aromatic heterocycles. The fraction of sp³-hybridized carbons (Fsp3) is 0.957. The number of nitrogens with one attached hydrogen (secondary N) is 2. The van der Waals surface area contributed by atoms with Gasteiger partial charge in [0.05, 0.1) is 0 Å². The molecule has 1 saturated carbocycles. The third-order valence-electron chi connectivity index (χ3n) is 4.90. The Kier molecular flexibility index (Phi) is 16.0. The molecule has 27 heavy (non-hydrogen) atoms. The fourth-order valence-corrected chi connectivity index (χ4v) is 3.67. The van der Waals surface area contributed by atoms with Crippen LogP contribution in [0.4, 0.5) is 0 Å². The minimum absolute atomic E-state index is 0.225. The molecule has 2 fully saturated rings. The molecule has 162 valence electrons. The average molecular weight is 385 g/mol. The quantitative estimate of drug-likeness (QED) is 0.598. The SMILES string of the molecule is C1CCNC1.CC(=O)OC(C)(C)C.CCCCC1CCCCC1NCCC. The van der Waals surface area contributed by atoms with Crippen LogP contribution in [0.2, 0.25) is 0 Å². The number of hydrogen-bond donors (Lipinski definition) is 2. The van der Waals surface area contributed by atoms with Gasteiger partial charge in [-0.15, -0.1) is 0 Å². The van der Waals surface area contributed by atoms with Crippen LogP contribution >= 0.6 is 0 Å². The Labute approximate surface area is 169 Å². The van der Waals surface area contributed by atoms with E-state index in [0.717, 1.165) is 12.0 Å². The van der Waals surface area contributed by atoms with Crippen molar-refractivity contribution >= 4 is 5.97 Å². The van der Waals surface area contributed by atoms with E-state index in [1.54, 1.807) is 0 Å². The van der Waals surface area contributed by atoms with Crippen molar-refractivity contribution in [3.05, 3.63) is 0 Å². The minimum atomic E-state index is -0.328. The summed E-state index contributed by atoms with van der Waals surface area (Å²) in [6.07, 6.45) is 14.1. The molecule has 1 heterocycles. The van der Waals surface area contributed by atoms with Crippen LogP contribution in [-0.2, 0) is 9.53 Å². The number of carbonyl (C=O) groups is 1. The zero-order chi connectivity index (χ0) is 20.5. The van der Waals surface area contributed by atoms with E-state index in [4.69, 9.17) is 4.74 Å². The number of carbonyl (C=O) groups excluding carboxylic acids is 1. The number of ether oxygens (including phenoxy) is 1. The van der Waals surface area contributed by atoms with Crippen molar-refractivity contribution in [2.45, 2.75) is 117 Å². The second-order valence-corrected chi connectivity index (χ2v) is 8.91. The summed E-state index contributed by atoms with van der Waals surface area (Å²) in [6.45, 7) is 15.2. The standard InChI is InChI=1S/C13H27N.C6H12O2.C4H9N/c1-3-5-8-12-9-6-7-10-13(12)14-11-4-2;1-5(7)8-6(2,3)4;1-2-4-5-3-1/h12-14H,3-11H2,1-2H3;1-4H3;5H,1-4H2. The molecule has 2 atom stereocenters. The molecule has 0 amide bonds. The van der Waals surface area contributed by atoms with E-state index < -0.39 is 0 Å². The number of unbranched alkanes of at least 4 members (excludes halogenated alkanes) is 1. The van der Waals surface area contributed by atoms with E-state index in [2.05, 4.69) is 24.5 Å². The molecule has 4 nitrogen and oxygen atoms in total. The highest BCUT2D eigenvalue weighted by molar-refractivity contribution is 5.66. The van der Waals surface area contributed by atoms with E-state index in [-0.39, 0.29) is 11.6 Å². The maximum absolute atomic E-state index is 10.2. The van der Waals surface area contributed by atoms with E-state index in [1.165, 1.54) is 90.8 Å². The molecular weight excluding hydrogens is 336 g/mol. The molecule has 0 aromatic rings. The molecule has 0 bridgehead atoms. The molecule has 2 N–H and O–H groups in total. The smallest absolute Gasteiger partial charge is 0.303 e. The lowest BCUT2D eigenvalue weighted by atomic mass is 9.81. The first kappa shape index (κ1) is 26.4. The molecule has 2 unspecified atom stereocenters. The highest BCUT2D eigenvalue weighted by Gasteiger charge is 2.23. The van der Waals surface area contributed by atoms with Crippen LogP contribution in [-0.4, -0.2) is 37.2 Å². The van der Waals surface area contributed by atoms with Gasteiger partial charge in [-0.05, 0) is 84.8 Å². The first-order chi connectivity index (χ1) is 12.8. The van der Waals surface area contributed by atoms with Gasteiger partial charge in [0.1, 0.15) is 5.60 Å². The van der Waals surface area contributed by atoms with Gasteiger partial charge in [0.15, 0.2) is 0 Å². The maximum Gasteiger partial charge on any atom is 0.303 e. The predicted molar refractivity (Wildman–Crippen MR) is 117 cm³/mol. The molecule has 2 aliphatic rings. The largest absolute Gasteiger partial charge is 0.460 e. The number of esters is 1. The Hall–Kier alpha value is -0.610. The molecular formula is C23H48N2O2. The van der Waals surface area contributed by atoms with Crippen LogP contribution in [0.15, 0.2) is 0 Å². The summed E-state index contributed by atoms with van der Waals surface area (Å²) in [4.78, 5) is 10.2. The molecule has 0 spiro atoms. The van der Waals surface area contributed by atoms with Crippen LogP contribution in [0, 0.1) is 5.92 Å². The van der Waals surface area contributed by atoms with Gasteiger partial charge in [0.2, 0.25) is 0 Å². The highest BCUT2D eigenvalue weighted by Crippen LogP contribution is 2.28. The Balaban J connectivity index is 0.000000435. The first-order valence-corrected chi connectivity index (χ1v) is 11.4. The normalized spacial score (nSPS) is 22.1. The van der Waals surface area contributed by atoms with E-state index in [1.807, 2.05) is 20.8 Å². The van der Waals surface area contributed by atoms with Crippen molar-refractivity contribution in [1.82, 2.24) is 10.6 Å². The first-order valence-electron chi connectivity index (χ1n) is 11.4. The number of hydrogen-bond acceptors (Lipinski definition) is 4. The summed E-state index contributed by atoms with van der Waals surface area (Å²) < 4.78 is 4.80. The molecule has 0 aromatic carbocycles. The van der Waals surface area contributed by atoms with Gasteiger partial charge >= 0.3 is 5.97 Å². The molecule has 1 aliphatic carbocycles. The molecule has 2 rings (SSSR count). The van der Waals surface area contributed by atoms with Crippen molar-refractivity contribution in [2.75, 3.05) is 19.6 Å². The third kappa shape index (κ3) is 17.2. The Morgan fingerprint density at radius 1 is 1.04 bits per heavy atom. The van der Waals surface area contributed by atoms with E-state index >= 15 is 0 Å². The van der Waals surface area contributed by atoms with Crippen LogP contribution in [0.1, 0.15) is 106 Å². The Morgan fingerprint density at radius 2 is 1.67 bits per heavy atom. The Bertz CT molecular complexity index is 325. The summed E-state index contributed by atoms with van der Waals surface area (Å²) in [5.74, 6) is 0.757. The van der Waals surface area contributed by atoms with Gasteiger partial charge in [-0.1, -0.05) is 39.5 Å². The van der Waals surface area contributed by atoms with Gasteiger partial charge in [-0.2, -0.15) is 0 Å². The third-order valence-corrected chi connectivity index (χ3v) is 4.90. The summed E-state index contributed by atoms with van der Waals surface area (Å²) in [6, 6.07) is 0.843. The predicted octanol–water partition coefficient (Wildman–Crippen LogP) is 5.45. The lowest BCUT2D eigenvalue weighted by Crippen LogP contribution is -2.38. The molecule has 1 aliphatic heterocycles. The van der Waals surface area contributed by atoms with Crippen molar-refractivity contribution in [3.63, 3.8) is 0 Å². The van der Waals surface area contributed by atoms with Gasteiger partial charge in [-0.3, -0.25) is 4.79 Å². The topological polar surface area (TPSA) is 50.4 Å². The van der Waals surface area contributed by atoms with Crippen molar-refractivity contribution in [1.29, 1.82) is 0 Å². The lowest BCUT2D eigenvalue weighted by Gasteiger charge is -2.32. The summed E-state index contributed by atoms with van der Waals surface area (Å²) in [7, 11) is 0. The number of rotatable bonds is 6. The highest BCUT2D eigenvalue weighted by atomic mass is 16.6. The van der Waals surface area contributed by atoms with Crippen molar-refractivity contribution < 1.29 is 9.53 Å². The minimum Gasteiger partial charge on any atom is -0.460 e. The molecule has 4 heteroatoms. The van der Waals surface area contributed by atoms with Gasteiger partial charge in [-0.25, -0.2) is 0 Å². The molecule has 0 radical (unpaired) electrons. The van der Waals surface area contributed by atoms with Gasteiger partial charge in [0, 0.05) is 13.0 Å². The van der Waals surface area contributed by atoms with Crippen LogP contribution in [0.25, 0.3) is 0 Å².